The first-order valence-electron chi connectivity index (χ1n) is 7.04. The lowest BCUT2D eigenvalue weighted by molar-refractivity contribution is 0.0533. The summed E-state index contributed by atoms with van der Waals surface area (Å²) in [5.41, 5.74) is 6.63. The molecular weight excluding hydrogens is 292 g/mol. The maximum absolute atomic E-state index is 11.9. The fourth-order valence-electron chi connectivity index (χ4n) is 2.55. The van der Waals surface area contributed by atoms with E-state index in [1.54, 1.807) is 18.7 Å². The van der Waals surface area contributed by atoms with Crippen LogP contribution in [-0.4, -0.2) is 25.4 Å². The van der Waals surface area contributed by atoms with Gasteiger partial charge < -0.3 is 15.8 Å². The summed E-state index contributed by atoms with van der Waals surface area (Å²) in [4.78, 5) is 13.4. The van der Waals surface area contributed by atoms with Gasteiger partial charge in [0.25, 0.3) is 0 Å². The summed E-state index contributed by atoms with van der Waals surface area (Å²) in [5, 5.41) is 4.48. The molecule has 20 heavy (non-hydrogen) atoms. The predicted molar refractivity (Wildman–Crippen MR) is 86.9 cm³/mol. The van der Waals surface area contributed by atoms with Gasteiger partial charge in [0, 0.05) is 6.54 Å². The zero-order valence-electron chi connectivity index (χ0n) is 12.0. The Labute approximate surface area is 128 Å². The summed E-state index contributed by atoms with van der Waals surface area (Å²) in [6, 6.07) is 0. The van der Waals surface area contributed by atoms with Crippen LogP contribution < -0.4 is 11.1 Å². The molecule has 3 N–H and O–H groups in total. The van der Waals surface area contributed by atoms with E-state index in [1.807, 2.05) is 6.26 Å². The van der Waals surface area contributed by atoms with Crippen LogP contribution in [0.3, 0.4) is 0 Å². The van der Waals surface area contributed by atoms with Gasteiger partial charge in [-0.1, -0.05) is 12.8 Å². The monoisotopic (exact) mass is 314 g/mol. The highest BCUT2D eigenvalue weighted by Crippen LogP contribution is 2.42. The van der Waals surface area contributed by atoms with Crippen molar-refractivity contribution in [3.05, 3.63) is 4.88 Å². The van der Waals surface area contributed by atoms with Gasteiger partial charge in [0.1, 0.15) is 9.88 Å². The Kier molecular flexibility index (Phi) is 5.60. The summed E-state index contributed by atoms with van der Waals surface area (Å²) in [6.45, 7) is 3.14. The highest BCUT2D eigenvalue weighted by molar-refractivity contribution is 7.99. The zero-order chi connectivity index (χ0) is 14.5. The smallest absolute Gasteiger partial charge is 0.350 e. The lowest BCUT2D eigenvalue weighted by Gasteiger charge is -2.11. The molecule has 2 rings (SSSR count). The minimum atomic E-state index is -0.320. The first-order valence-corrected chi connectivity index (χ1v) is 9.08. The van der Waals surface area contributed by atoms with E-state index in [4.69, 9.17) is 10.5 Å². The van der Waals surface area contributed by atoms with Crippen molar-refractivity contribution < 1.29 is 9.53 Å². The normalized spacial score (nSPS) is 15.5. The van der Waals surface area contributed by atoms with Crippen LogP contribution in [0.15, 0.2) is 4.90 Å². The largest absolute Gasteiger partial charge is 0.462 e. The van der Waals surface area contributed by atoms with Gasteiger partial charge in [0.15, 0.2) is 0 Å². The molecule has 0 saturated heterocycles. The van der Waals surface area contributed by atoms with Crippen LogP contribution in [0.2, 0.25) is 0 Å². The minimum absolute atomic E-state index is 0.320. The van der Waals surface area contributed by atoms with E-state index < -0.39 is 0 Å². The summed E-state index contributed by atoms with van der Waals surface area (Å²) in [7, 11) is 0. The number of hydrogen-bond donors (Lipinski definition) is 2. The van der Waals surface area contributed by atoms with Crippen LogP contribution in [-0.2, 0) is 4.74 Å². The van der Waals surface area contributed by atoms with Crippen molar-refractivity contribution in [3.8, 4) is 0 Å². The Hall–Kier alpha value is -0.880. The Balaban J connectivity index is 2.10. The summed E-state index contributed by atoms with van der Waals surface area (Å²) < 4.78 is 5.05. The van der Waals surface area contributed by atoms with Gasteiger partial charge in [-0.05, 0) is 31.9 Å². The van der Waals surface area contributed by atoms with Gasteiger partial charge in [0.2, 0.25) is 0 Å². The Morgan fingerprint density at radius 1 is 1.50 bits per heavy atom. The number of nitrogens with two attached hydrogens (primary N) is 1. The lowest BCUT2D eigenvalue weighted by Crippen LogP contribution is -2.10. The maximum Gasteiger partial charge on any atom is 0.350 e. The fraction of sp³-hybridized carbons (Fsp3) is 0.643. The maximum atomic E-state index is 11.9. The van der Waals surface area contributed by atoms with Crippen molar-refractivity contribution in [1.82, 2.24) is 0 Å². The average molecular weight is 314 g/mol. The molecule has 1 fully saturated rings. The number of anilines is 2. The molecule has 112 valence electrons. The summed E-state index contributed by atoms with van der Waals surface area (Å²) in [6.07, 6.45) is 7.25. The number of nitrogens with one attached hydrogen (secondary N) is 1. The third-order valence-corrected chi connectivity index (χ3v) is 5.70. The van der Waals surface area contributed by atoms with Gasteiger partial charge in [-0.15, -0.1) is 23.1 Å². The number of rotatable bonds is 6. The highest BCUT2D eigenvalue weighted by Gasteiger charge is 2.22. The molecule has 1 aliphatic rings. The molecule has 0 amide bonds. The van der Waals surface area contributed by atoms with Crippen molar-refractivity contribution in [3.63, 3.8) is 0 Å². The molecule has 0 aliphatic heterocycles. The molecule has 4 nitrogen and oxygen atoms in total. The first kappa shape index (κ1) is 15.5. The Morgan fingerprint density at radius 3 is 2.80 bits per heavy atom. The second-order valence-corrected chi connectivity index (χ2v) is 6.80. The molecule has 0 atom stereocenters. The van der Waals surface area contributed by atoms with E-state index in [9.17, 15) is 4.79 Å². The SMILES string of the molecule is CCOC(=O)c1sc(NCC2CCCC2)c(SC)c1N. The molecule has 1 heterocycles. The standard InChI is InChI=1S/C14H22N2O2S2/c1-3-18-14(17)12-10(15)11(19-2)13(20-12)16-8-9-6-4-5-7-9/h9,16H,3-8,15H2,1-2H3. The highest BCUT2D eigenvalue weighted by atomic mass is 32.2. The molecule has 0 aromatic carbocycles. The van der Waals surface area contributed by atoms with E-state index in [1.165, 1.54) is 37.0 Å². The van der Waals surface area contributed by atoms with Crippen molar-refractivity contribution in [2.75, 3.05) is 30.5 Å². The van der Waals surface area contributed by atoms with E-state index in [2.05, 4.69) is 5.32 Å². The molecule has 1 aromatic rings. The second-order valence-electron chi connectivity index (χ2n) is 4.96. The number of carbonyl (C=O) groups excluding carboxylic acids is 1. The number of carbonyl (C=O) groups is 1. The van der Waals surface area contributed by atoms with E-state index in [0.29, 0.717) is 17.2 Å². The van der Waals surface area contributed by atoms with E-state index in [-0.39, 0.29) is 5.97 Å². The third kappa shape index (κ3) is 3.41. The van der Waals surface area contributed by atoms with Crippen molar-refractivity contribution in [2.45, 2.75) is 37.5 Å². The quantitative estimate of drug-likeness (QED) is 0.617. The van der Waals surface area contributed by atoms with Gasteiger partial charge in [-0.25, -0.2) is 4.79 Å². The van der Waals surface area contributed by atoms with Crippen LogP contribution in [0.5, 0.6) is 0 Å². The zero-order valence-corrected chi connectivity index (χ0v) is 13.7. The number of ether oxygens (including phenoxy) is 1. The summed E-state index contributed by atoms with van der Waals surface area (Å²) >= 11 is 2.99. The Bertz CT molecular complexity index is 468. The average Bonchev–Trinajstić information content (AvgIpc) is 3.04. The van der Waals surface area contributed by atoms with E-state index >= 15 is 0 Å². The van der Waals surface area contributed by atoms with Gasteiger partial charge in [-0.3, -0.25) is 0 Å². The molecule has 0 radical (unpaired) electrons. The summed E-state index contributed by atoms with van der Waals surface area (Å²) in [5.74, 6) is 0.429. The van der Waals surface area contributed by atoms with Crippen LogP contribution >= 0.6 is 23.1 Å². The molecule has 0 unspecified atom stereocenters. The Morgan fingerprint density at radius 2 is 2.20 bits per heavy atom. The first-order chi connectivity index (χ1) is 9.67. The molecular formula is C14H22N2O2S2. The molecule has 0 bridgehead atoms. The molecule has 1 aromatic heterocycles. The number of thioether (sulfide) groups is 1. The molecule has 0 spiro atoms. The second kappa shape index (κ2) is 7.22. The van der Waals surface area contributed by atoms with Crippen molar-refractivity contribution in [1.29, 1.82) is 0 Å². The lowest BCUT2D eigenvalue weighted by atomic mass is 10.1. The molecule has 6 heteroatoms. The van der Waals surface area contributed by atoms with Crippen LogP contribution in [0.4, 0.5) is 10.7 Å². The van der Waals surface area contributed by atoms with Gasteiger partial charge >= 0.3 is 5.97 Å². The minimum Gasteiger partial charge on any atom is -0.462 e. The van der Waals surface area contributed by atoms with Crippen LogP contribution in [0.1, 0.15) is 42.3 Å². The predicted octanol–water partition coefficient (Wildman–Crippen LogP) is 3.83. The molecule has 1 aliphatic carbocycles. The van der Waals surface area contributed by atoms with Crippen molar-refractivity contribution >= 4 is 39.8 Å². The number of hydrogen-bond acceptors (Lipinski definition) is 6. The van der Waals surface area contributed by atoms with Crippen LogP contribution in [0.25, 0.3) is 0 Å². The van der Waals surface area contributed by atoms with Crippen LogP contribution in [0, 0.1) is 5.92 Å². The van der Waals surface area contributed by atoms with Crippen molar-refractivity contribution in [2.24, 2.45) is 5.92 Å². The number of esters is 1. The number of nitrogen functional groups attached to an aromatic ring is 1. The van der Waals surface area contributed by atoms with Gasteiger partial charge in [-0.2, -0.15) is 0 Å². The topological polar surface area (TPSA) is 64.3 Å². The number of thiophene rings is 1. The third-order valence-electron chi connectivity index (χ3n) is 3.59. The van der Waals surface area contributed by atoms with E-state index in [0.717, 1.165) is 22.4 Å². The fourth-order valence-corrected chi connectivity index (χ4v) is 4.48. The molecule has 1 saturated carbocycles. The van der Waals surface area contributed by atoms with Gasteiger partial charge in [0.05, 0.1) is 17.2 Å².